The second-order valence-electron chi connectivity index (χ2n) is 7.94. The number of H-pyrrole nitrogens is 1. The summed E-state index contributed by atoms with van der Waals surface area (Å²) in [5.74, 6) is 2.10. The Labute approximate surface area is 184 Å². The van der Waals surface area contributed by atoms with Gasteiger partial charge in [0.1, 0.15) is 17.3 Å². The maximum Gasteiger partial charge on any atom is 0.180 e. The third kappa shape index (κ3) is 3.89. The molecule has 0 atom stereocenters. The quantitative estimate of drug-likeness (QED) is 0.477. The van der Waals surface area contributed by atoms with Gasteiger partial charge in [0.15, 0.2) is 11.6 Å². The SMILES string of the molecule is COc1ccc(CC(=O)CN(C)c2nc(-c3cc4cn[nH]c4cn3)nc3c2CCC3)nc1. The fourth-order valence-electron chi connectivity index (χ4n) is 4.04. The number of anilines is 1. The molecule has 0 unspecified atom stereocenters. The molecule has 9 nitrogen and oxygen atoms in total. The van der Waals surface area contributed by atoms with Gasteiger partial charge in [-0.2, -0.15) is 5.10 Å². The van der Waals surface area contributed by atoms with Crippen molar-refractivity contribution in [2.45, 2.75) is 25.7 Å². The first-order valence-electron chi connectivity index (χ1n) is 10.5. The van der Waals surface area contributed by atoms with Crippen molar-refractivity contribution in [2.24, 2.45) is 0 Å². The maximum absolute atomic E-state index is 12.7. The average molecular weight is 429 g/mol. The number of fused-ring (bicyclic) bond motifs is 2. The molecule has 5 rings (SSSR count). The Morgan fingerprint density at radius 2 is 2.06 bits per heavy atom. The Bertz CT molecular complexity index is 1280. The number of ketones is 1. The third-order valence-electron chi connectivity index (χ3n) is 5.65. The number of pyridine rings is 2. The Morgan fingerprint density at radius 1 is 1.16 bits per heavy atom. The van der Waals surface area contributed by atoms with Crippen LogP contribution in [0.2, 0.25) is 0 Å². The first kappa shape index (κ1) is 20.0. The number of hydrogen-bond acceptors (Lipinski definition) is 8. The molecule has 0 spiro atoms. The second-order valence-corrected chi connectivity index (χ2v) is 7.94. The summed E-state index contributed by atoms with van der Waals surface area (Å²) in [6.07, 6.45) is 8.23. The van der Waals surface area contributed by atoms with Gasteiger partial charge in [0.05, 0.1) is 44.2 Å². The van der Waals surface area contributed by atoms with Crippen LogP contribution in [0.15, 0.2) is 36.8 Å². The van der Waals surface area contributed by atoms with Crippen LogP contribution in [-0.2, 0) is 24.1 Å². The van der Waals surface area contributed by atoms with Crippen molar-refractivity contribution >= 4 is 22.5 Å². The first-order valence-corrected chi connectivity index (χ1v) is 10.5. The molecule has 0 aromatic carbocycles. The smallest absolute Gasteiger partial charge is 0.180 e. The molecule has 9 heteroatoms. The molecular formula is C23H23N7O2. The zero-order valence-corrected chi connectivity index (χ0v) is 18.0. The highest BCUT2D eigenvalue weighted by molar-refractivity contribution is 5.85. The number of likely N-dealkylation sites (N-methyl/N-ethyl adjacent to an activating group) is 1. The highest BCUT2D eigenvalue weighted by Gasteiger charge is 2.23. The van der Waals surface area contributed by atoms with Gasteiger partial charge in [0.25, 0.3) is 0 Å². The van der Waals surface area contributed by atoms with Gasteiger partial charge in [0.2, 0.25) is 0 Å². The van der Waals surface area contributed by atoms with Gasteiger partial charge in [-0.15, -0.1) is 0 Å². The molecule has 0 saturated carbocycles. The van der Waals surface area contributed by atoms with Gasteiger partial charge in [0, 0.05) is 29.4 Å². The van der Waals surface area contributed by atoms with E-state index in [2.05, 4.69) is 20.2 Å². The molecule has 32 heavy (non-hydrogen) atoms. The summed E-state index contributed by atoms with van der Waals surface area (Å²) in [6, 6.07) is 5.56. The van der Waals surface area contributed by atoms with E-state index in [9.17, 15) is 4.79 Å². The molecule has 1 aliphatic rings. The lowest BCUT2D eigenvalue weighted by atomic mass is 10.1. The molecule has 0 fully saturated rings. The summed E-state index contributed by atoms with van der Waals surface area (Å²) in [7, 11) is 3.49. The second kappa shape index (κ2) is 8.33. The van der Waals surface area contributed by atoms with Crippen LogP contribution >= 0.6 is 0 Å². The average Bonchev–Trinajstić information content (AvgIpc) is 3.47. The van der Waals surface area contributed by atoms with Crippen molar-refractivity contribution in [1.82, 2.24) is 30.1 Å². The molecule has 0 radical (unpaired) electrons. The number of aromatic amines is 1. The molecule has 1 N–H and O–H groups in total. The van der Waals surface area contributed by atoms with Crippen molar-refractivity contribution in [2.75, 3.05) is 25.6 Å². The van der Waals surface area contributed by atoms with Gasteiger partial charge < -0.3 is 9.64 Å². The van der Waals surface area contributed by atoms with E-state index < -0.39 is 0 Å². The van der Waals surface area contributed by atoms with Crippen molar-refractivity contribution in [3.8, 4) is 17.3 Å². The normalized spacial score (nSPS) is 12.7. The van der Waals surface area contributed by atoms with Crippen LogP contribution in [0.3, 0.4) is 0 Å². The number of ether oxygens (including phenoxy) is 1. The predicted molar refractivity (Wildman–Crippen MR) is 120 cm³/mol. The topological polar surface area (TPSA) is 110 Å². The van der Waals surface area contributed by atoms with E-state index in [1.807, 2.05) is 30.1 Å². The molecular weight excluding hydrogens is 406 g/mol. The van der Waals surface area contributed by atoms with Crippen LogP contribution in [0, 0.1) is 0 Å². The summed E-state index contributed by atoms with van der Waals surface area (Å²) >= 11 is 0. The monoisotopic (exact) mass is 429 g/mol. The van der Waals surface area contributed by atoms with E-state index in [-0.39, 0.29) is 18.7 Å². The van der Waals surface area contributed by atoms with Gasteiger partial charge in [-0.25, -0.2) is 9.97 Å². The number of methoxy groups -OCH3 is 1. The maximum atomic E-state index is 12.7. The first-order chi connectivity index (χ1) is 15.6. The summed E-state index contributed by atoms with van der Waals surface area (Å²) in [5.41, 5.74) is 4.43. The molecule has 0 saturated heterocycles. The van der Waals surface area contributed by atoms with Crippen LogP contribution in [-0.4, -0.2) is 56.6 Å². The predicted octanol–water partition coefficient (Wildman–Crippen LogP) is 2.56. The highest BCUT2D eigenvalue weighted by Crippen LogP contribution is 2.31. The number of nitrogens with zero attached hydrogens (tertiary/aromatic N) is 6. The number of aromatic nitrogens is 6. The molecule has 4 aromatic rings. The standard InChI is InChI=1S/C23H23N7O2/c1-30(13-16(31)9-15-6-7-17(32-2)11-24-15)23-18-4-3-5-19(18)27-22(28-23)20-8-14-10-26-29-21(14)12-25-20/h6-8,10-12H,3-5,9,13H2,1-2H3,(H,26,29). The molecule has 0 amide bonds. The number of carbonyl (C=O) groups is 1. The zero-order valence-electron chi connectivity index (χ0n) is 18.0. The third-order valence-corrected chi connectivity index (χ3v) is 5.65. The highest BCUT2D eigenvalue weighted by atomic mass is 16.5. The van der Waals surface area contributed by atoms with Gasteiger partial charge in [-0.1, -0.05) is 0 Å². The lowest BCUT2D eigenvalue weighted by Gasteiger charge is -2.21. The Hall–Kier alpha value is -3.88. The Balaban J connectivity index is 1.39. The fraction of sp³-hybridized carbons (Fsp3) is 0.304. The van der Waals surface area contributed by atoms with Crippen LogP contribution < -0.4 is 9.64 Å². The zero-order chi connectivity index (χ0) is 22.1. The van der Waals surface area contributed by atoms with E-state index in [1.165, 1.54) is 0 Å². The lowest BCUT2D eigenvalue weighted by Crippen LogP contribution is -2.29. The van der Waals surface area contributed by atoms with Crippen LogP contribution in [0.1, 0.15) is 23.4 Å². The number of aryl methyl sites for hydroxylation is 1. The van der Waals surface area contributed by atoms with Crippen molar-refractivity contribution in [3.05, 3.63) is 53.7 Å². The van der Waals surface area contributed by atoms with Crippen LogP contribution in [0.5, 0.6) is 5.75 Å². The number of carbonyl (C=O) groups excluding carboxylic acids is 1. The molecule has 4 heterocycles. The number of hydrogen-bond donors (Lipinski definition) is 1. The van der Waals surface area contributed by atoms with Crippen molar-refractivity contribution in [1.29, 1.82) is 0 Å². The molecule has 4 aromatic heterocycles. The van der Waals surface area contributed by atoms with Gasteiger partial charge >= 0.3 is 0 Å². The minimum atomic E-state index is 0.0648. The van der Waals surface area contributed by atoms with E-state index in [0.717, 1.165) is 52.9 Å². The van der Waals surface area contributed by atoms with Gasteiger partial charge in [-0.05, 0) is 37.5 Å². The van der Waals surface area contributed by atoms with Crippen LogP contribution in [0.25, 0.3) is 22.4 Å². The van der Waals surface area contributed by atoms with Crippen molar-refractivity contribution < 1.29 is 9.53 Å². The van der Waals surface area contributed by atoms with E-state index in [0.29, 0.717) is 17.3 Å². The number of Topliss-reactive ketones (excluding diaryl/α,β-unsaturated/α-hetero) is 1. The van der Waals surface area contributed by atoms with Crippen molar-refractivity contribution in [3.63, 3.8) is 0 Å². The van der Waals surface area contributed by atoms with Gasteiger partial charge in [-0.3, -0.25) is 19.9 Å². The van der Waals surface area contributed by atoms with E-state index in [4.69, 9.17) is 14.7 Å². The summed E-state index contributed by atoms with van der Waals surface area (Å²) in [5, 5.41) is 7.91. The number of nitrogens with one attached hydrogen (secondary N) is 1. The molecule has 0 bridgehead atoms. The molecule has 1 aliphatic carbocycles. The van der Waals surface area contributed by atoms with E-state index >= 15 is 0 Å². The van der Waals surface area contributed by atoms with E-state index in [1.54, 1.807) is 25.7 Å². The largest absolute Gasteiger partial charge is 0.495 e. The molecule has 162 valence electrons. The lowest BCUT2D eigenvalue weighted by molar-refractivity contribution is -0.117. The minimum absolute atomic E-state index is 0.0648. The minimum Gasteiger partial charge on any atom is -0.495 e. The number of rotatable bonds is 7. The molecule has 0 aliphatic heterocycles. The Morgan fingerprint density at radius 3 is 2.88 bits per heavy atom. The Kier molecular flexibility index (Phi) is 5.22. The van der Waals surface area contributed by atoms with Crippen LogP contribution in [0.4, 0.5) is 5.82 Å². The fourth-order valence-corrected chi connectivity index (χ4v) is 4.04. The summed E-state index contributed by atoms with van der Waals surface area (Å²) in [4.78, 5) is 33.1. The summed E-state index contributed by atoms with van der Waals surface area (Å²) < 4.78 is 5.13. The summed E-state index contributed by atoms with van der Waals surface area (Å²) in [6.45, 7) is 0.241.